The van der Waals surface area contributed by atoms with Crippen LogP contribution in [0.3, 0.4) is 0 Å². The number of aromatic amines is 1. The molecule has 2 aliphatic heterocycles. The lowest BCUT2D eigenvalue weighted by atomic mass is 10.1. The molecule has 0 saturated carbocycles. The number of rotatable bonds is 5. The van der Waals surface area contributed by atoms with Crippen molar-refractivity contribution in [2.24, 2.45) is 0 Å². The Balaban J connectivity index is 1.26. The third-order valence-electron chi connectivity index (χ3n) is 6.45. The highest BCUT2D eigenvalue weighted by molar-refractivity contribution is 6.09. The van der Waals surface area contributed by atoms with Gasteiger partial charge in [0, 0.05) is 75.1 Å². The van der Waals surface area contributed by atoms with Crippen molar-refractivity contribution in [3.8, 4) is 5.75 Å². The summed E-state index contributed by atoms with van der Waals surface area (Å²) in [4.78, 5) is 29.6. The number of fused-ring (bicyclic) bond motifs is 2. The second kappa shape index (κ2) is 8.45. The molecule has 2 aliphatic rings. The van der Waals surface area contributed by atoms with Crippen LogP contribution in [0.2, 0.25) is 0 Å². The maximum atomic E-state index is 13.2. The molecule has 10 heteroatoms. The second-order valence-electron chi connectivity index (χ2n) is 8.85. The molecule has 0 spiro atoms. The molecule has 34 heavy (non-hydrogen) atoms. The molecular formula is C24H26N8O2. The molecule has 0 radical (unpaired) electrons. The third kappa shape index (κ3) is 3.86. The van der Waals surface area contributed by atoms with Gasteiger partial charge in [0.05, 0.1) is 23.9 Å². The van der Waals surface area contributed by atoms with Gasteiger partial charge >= 0.3 is 0 Å². The van der Waals surface area contributed by atoms with Crippen molar-refractivity contribution in [3.63, 3.8) is 0 Å². The van der Waals surface area contributed by atoms with Crippen LogP contribution in [-0.4, -0.2) is 67.7 Å². The maximum Gasteiger partial charge on any atom is 0.261 e. The molecular weight excluding hydrogens is 432 g/mol. The zero-order chi connectivity index (χ0) is 23.1. The minimum atomic E-state index is -0.222. The number of aromatic nitrogens is 5. The van der Waals surface area contributed by atoms with E-state index in [1.165, 1.54) is 0 Å². The fourth-order valence-corrected chi connectivity index (χ4v) is 4.75. The van der Waals surface area contributed by atoms with Gasteiger partial charge in [0.2, 0.25) is 0 Å². The first-order valence-electron chi connectivity index (χ1n) is 11.5. The SMILES string of the molecule is CC1Cc2cc(NC(=O)c3cnn4cccnc34)c(N3CCN(Cc4cnc[nH]4)CC3)cc2O1. The molecule has 1 unspecified atom stereocenters. The standard InChI is InChI=1S/C24H26N8O2/c1-16-9-17-10-20(29-24(33)19-13-28-32-4-2-3-26-23(19)32)21(11-22(17)34-16)31-7-5-30(6-8-31)14-18-12-25-15-27-18/h2-4,10-13,15-16H,5-9,14H2,1H3,(H,25,27)(H,29,33). The largest absolute Gasteiger partial charge is 0.490 e. The van der Waals surface area contributed by atoms with Crippen LogP contribution in [0.15, 0.2) is 49.3 Å². The number of H-pyrrole nitrogens is 1. The van der Waals surface area contributed by atoms with Crippen LogP contribution in [0.25, 0.3) is 5.65 Å². The van der Waals surface area contributed by atoms with Crippen molar-refractivity contribution in [2.45, 2.75) is 26.0 Å². The highest BCUT2D eigenvalue weighted by Crippen LogP contribution is 2.39. The lowest BCUT2D eigenvalue weighted by molar-refractivity contribution is 0.102. The summed E-state index contributed by atoms with van der Waals surface area (Å²) < 4.78 is 7.64. The van der Waals surface area contributed by atoms with Crippen LogP contribution >= 0.6 is 0 Å². The minimum absolute atomic E-state index is 0.129. The number of carbonyl (C=O) groups excluding carboxylic acids is 1. The number of carbonyl (C=O) groups is 1. The van der Waals surface area contributed by atoms with E-state index in [2.05, 4.69) is 54.2 Å². The third-order valence-corrected chi connectivity index (χ3v) is 6.45. The number of amides is 1. The number of nitrogens with zero attached hydrogens (tertiary/aromatic N) is 6. The van der Waals surface area contributed by atoms with E-state index in [-0.39, 0.29) is 12.0 Å². The van der Waals surface area contributed by atoms with Gasteiger partial charge in [0.25, 0.3) is 5.91 Å². The Morgan fingerprint density at radius 2 is 2.12 bits per heavy atom. The quantitative estimate of drug-likeness (QED) is 0.473. The van der Waals surface area contributed by atoms with Gasteiger partial charge in [0.1, 0.15) is 17.4 Å². The van der Waals surface area contributed by atoms with E-state index in [0.717, 1.165) is 67.5 Å². The van der Waals surface area contributed by atoms with Gasteiger partial charge in [-0.2, -0.15) is 5.10 Å². The van der Waals surface area contributed by atoms with E-state index in [4.69, 9.17) is 4.74 Å². The van der Waals surface area contributed by atoms with Gasteiger partial charge < -0.3 is 19.9 Å². The second-order valence-corrected chi connectivity index (χ2v) is 8.85. The van der Waals surface area contributed by atoms with Crippen LogP contribution in [0.1, 0.15) is 28.5 Å². The smallest absolute Gasteiger partial charge is 0.261 e. The topological polar surface area (TPSA) is 104 Å². The zero-order valence-corrected chi connectivity index (χ0v) is 18.9. The molecule has 2 N–H and O–H groups in total. The number of nitrogens with one attached hydrogen (secondary N) is 2. The number of ether oxygens (including phenoxy) is 1. The van der Waals surface area contributed by atoms with Crippen LogP contribution in [0.5, 0.6) is 5.75 Å². The van der Waals surface area contributed by atoms with E-state index in [1.54, 1.807) is 35.5 Å². The summed E-state index contributed by atoms with van der Waals surface area (Å²) in [6.07, 6.45) is 9.54. The number of imidazole rings is 1. The van der Waals surface area contributed by atoms with Crippen molar-refractivity contribution in [1.82, 2.24) is 29.5 Å². The fourth-order valence-electron chi connectivity index (χ4n) is 4.75. The molecule has 3 aromatic heterocycles. The Bertz CT molecular complexity index is 1320. The van der Waals surface area contributed by atoms with E-state index in [9.17, 15) is 4.79 Å². The summed E-state index contributed by atoms with van der Waals surface area (Å²) in [5.74, 6) is 0.679. The monoisotopic (exact) mass is 458 g/mol. The van der Waals surface area contributed by atoms with Gasteiger partial charge in [-0.3, -0.25) is 9.69 Å². The lowest BCUT2D eigenvalue weighted by Gasteiger charge is -2.37. The van der Waals surface area contributed by atoms with Crippen molar-refractivity contribution in [3.05, 3.63) is 66.1 Å². The molecule has 174 valence electrons. The van der Waals surface area contributed by atoms with Crippen LogP contribution < -0.4 is 15.0 Å². The summed E-state index contributed by atoms with van der Waals surface area (Å²) in [7, 11) is 0. The minimum Gasteiger partial charge on any atom is -0.490 e. The predicted octanol–water partition coefficient (Wildman–Crippen LogP) is 2.35. The average Bonchev–Trinajstić information content (AvgIpc) is 3.58. The van der Waals surface area contributed by atoms with Gasteiger partial charge in [-0.15, -0.1) is 0 Å². The summed E-state index contributed by atoms with van der Waals surface area (Å²) in [5.41, 5.74) is 4.98. The first-order valence-corrected chi connectivity index (χ1v) is 11.5. The molecule has 0 aliphatic carbocycles. The molecule has 10 nitrogen and oxygen atoms in total. The van der Waals surface area contributed by atoms with Gasteiger partial charge in [-0.25, -0.2) is 14.5 Å². The Hall–Kier alpha value is -3.92. The van der Waals surface area contributed by atoms with Crippen LogP contribution in [0.4, 0.5) is 11.4 Å². The average molecular weight is 459 g/mol. The summed E-state index contributed by atoms with van der Waals surface area (Å²) >= 11 is 0. The normalized spacial score (nSPS) is 18.1. The molecule has 4 aromatic rings. The fraction of sp³-hybridized carbons (Fsp3) is 0.333. The summed E-state index contributed by atoms with van der Waals surface area (Å²) in [6.45, 7) is 6.45. The highest BCUT2D eigenvalue weighted by atomic mass is 16.5. The Kier molecular flexibility index (Phi) is 5.14. The summed E-state index contributed by atoms with van der Waals surface area (Å²) in [5, 5.41) is 7.39. The van der Waals surface area contributed by atoms with Crippen LogP contribution in [-0.2, 0) is 13.0 Å². The van der Waals surface area contributed by atoms with E-state index in [0.29, 0.717) is 11.2 Å². The molecule has 1 aromatic carbocycles. The Morgan fingerprint density at radius 3 is 2.94 bits per heavy atom. The molecule has 6 rings (SSSR count). The molecule has 0 bridgehead atoms. The number of benzene rings is 1. The Labute approximate surface area is 196 Å². The van der Waals surface area contributed by atoms with Crippen molar-refractivity contribution in [1.29, 1.82) is 0 Å². The number of anilines is 2. The van der Waals surface area contributed by atoms with Gasteiger partial charge in [-0.1, -0.05) is 0 Å². The first-order chi connectivity index (χ1) is 16.6. The maximum absolute atomic E-state index is 13.2. The van der Waals surface area contributed by atoms with Crippen molar-refractivity contribution >= 4 is 22.9 Å². The Morgan fingerprint density at radius 1 is 1.24 bits per heavy atom. The predicted molar refractivity (Wildman–Crippen MR) is 127 cm³/mol. The highest BCUT2D eigenvalue weighted by Gasteiger charge is 2.27. The van der Waals surface area contributed by atoms with Gasteiger partial charge in [0.15, 0.2) is 5.65 Å². The number of hydrogen-bond acceptors (Lipinski definition) is 7. The van der Waals surface area contributed by atoms with Gasteiger partial charge in [-0.05, 0) is 19.1 Å². The molecule has 1 atom stereocenters. The van der Waals surface area contributed by atoms with Crippen molar-refractivity contribution < 1.29 is 9.53 Å². The molecule has 5 heterocycles. The summed E-state index contributed by atoms with van der Waals surface area (Å²) in [6, 6.07) is 5.92. The zero-order valence-electron chi connectivity index (χ0n) is 18.9. The van der Waals surface area contributed by atoms with E-state index in [1.807, 2.05) is 6.20 Å². The molecule has 1 saturated heterocycles. The lowest BCUT2D eigenvalue weighted by Crippen LogP contribution is -2.46. The number of piperazine rings is 1. The van der Waals surface area contributed by atoms with Crippen LogP contribution in [0, 0.1) is 0 Å². The van der Waals surface area contributed by atoms with E-state index >= 15 is 0 Å². The van der Waals surface area contributed by atoms with E-state index < -0.39 is 0 Å². The van der Waals surface area contributed by atoms with Crippen molar-refractivity contribution in [2.75, 3.05) is 36.4 Å². The number of hydrogen-bond donors (Lipinski definition) is 2. The molecule has 1 amide bonds. The molecule has 1 fully saturated rings. The first kappa shape index (κ1) is 20.7.